The zero-order valence-corrected chi connectivity index (χ0v) is 13.6. The van der Waals surface area contributed by atoms with Gasteiger partial charge in [-0.3, -0.25) is 4.90 Å². The molecule has 1 aliphatic carbocycles. The van der Waals surface area contributed by atoms with Gasteiger partial charge in [-0.1, -0.05) is 19.1 Å². The fourth-order valence-electron chi connectivity index (χ4n) is 2.50. The minimum Gasteiger partial charge on any atom is -0.326 e. The van der Waals surface area contributed by atoms with Crippen molar-refractivity contribution >= 4 is 10.0 Å². The molecule has 0 aliphatic heterocycles. The molecule has 0 aromatic heterocycles. The molecule has 0 saturated heterocycles. The molecule has 0 heterocycles. The molecule has 1 aliphatic rings. The van der Waals surface area contributed by atoms with Gasteiger partial charge in [-0.2, -0.15) is 0 Å². The zero-order chi connectivity index (χ0) is 15.5. The largest absolute Gasteiger partial charge is 0.326 e. The highest BCUT2D eigenvalue weighted by molar-refractivity contribution is 7.89. The summed E-state index contributed by atoms with van der Waals surface area (Å²) in [6, 6.07) is 5.98. The Morgan fingerprint density at radius 1 is 1.38 bits per heavy atom. The van der Waals surface area contributed by atoms with Gasteiger partial charge in [-0.15, -0.1) is 0 Å². The fourth-order valence-corrected chi connectivity index (χ4v) is 3.81. The van der Waals surface area contributed by atoms with Crippen LogP contribution in [0.25, 0.3) is 0 Å². The first-order valence-corrected chi connectivity index (χ1v) is 8.99. The van der Waals surface area contributed by atoms with Crippen LogP contribution < -0.4 is 10.5 Å². The summed E-state index contributed by atoms with van der Waals surface area (Å²) >= 11 is 0. The lowest BCUT2D eigenvalue weighted by Gasteiger charge is -2.20. The van der Waals surface area contributed by atoms with Crippen molar-refractivity contribution in [3.63, 3.8) is 0 Å². The fraction of sp³-hybridized carbons (Fsp3) is 0.600. The van der Waals surface area contributed by atoms with Gasteiger partial charge in [0.15, 0.2) is 0 Å². The van der Waals surface area contributed by atoms with Crippen molar-refractivity contribution in [3.8, 4) is 0 Å². The van der Waals surface area contributed by atoms with Gasteiger partial charge >= 0.3 is 0 Å². The van der Waals surface area contributed by atoms with E-state index < -0.39 is 10.0 Å². The second kappa shape index (κ2) is 6.87. The zero-order valence-electron chi connectivity index (χ0n) is 12.8. The number of aryl methyl sites for hydroxylation is 1. The first-order chi connectivity index (χ1) is 9.97. The highest BCUT2D eigenvalue weighted by atomic mass is 32.2. The molecule has 6 heteroatoms. The van der Waals surface area contributed by atoms with Gasteiger partial charge in [0.1, 0.15) is 0 Å². The molecule has 0 bridgehead atoms. The molecule has 21 heavy (non-hydrogen) atoms. The van der Waals surface area contributed by atoms with Crippen molar-refractivity contribution in [2.45, 2.75) is 44.2 Å². The number of nitrogens with zero attached hydrogens (tertiary/aromatic N) is 1. The number of rotatable bonds is 8. The third kappa shape index (κ3) is 4.26. The normalized spacial score (nSPS) is 15.6. The van der Waals surface area contributed by atoms with Crippen LogP contribution in [0.2, 0.25) is 0 Å². The lowest BCUT2D eigenvalue weighted by Crippen LogP contribution is -2.36. The average molecular weight is 311 g/mol. The summed E-state index contributed by atoms with van der Waals surface area (Å²) in [5, 5.41) is 0. The Labute approximate surface area is 127 Å². The van der Waals surface area contributed by atoms with Crippen LogP contribution in [0.1, 0.15) is 30.9 Å². The quantitative estimate of drug-likeness (QED) is 0.757. The van der Waals surface area contributed by atoms with Crippen LogP contribution in [0.5, 0.6) is 0 Å². The molecule has 0 amide bonds. The Morgan fingerprint density at radius 3 is 2.67 bits per heavy atom. The van der Waals surface area contributed by atoms with E-state index in [4.69, 9.17) is 5.73 Å². The van der Waals surface area contributed by atoms with Crippen molar-refractivity contribution in [3.05, 3.63) is 29.3 Å². The molecule has 1 aromatic carbocycles. The summed E-state index contributed by atoms with van der Waals surface area (Å²) in [5.41, 5.74) is 7.16. The predicted molar refractivity (Wildman–Crippen MR) is 84.5 cm³/mol. The molecule has 0 spiro atoms. The average Bonchev–Trinajstić information content (AvgIpc) is 3.28. The third-order valence-corrected chi connectivity index (χ3v) is 5.54. The van der Waals surface area contributed by atoms with Crippen LogP contribution in [0.4, 0.5) is 0 Å². The van der Waals surface area contributed by atoms with Gasteiger partial charge in [0.05, 0.1) is 4.90 Å². The molecule has 3 N–H and O–H groups in total. The van der Waals surface area contributed by atoms with E-state index >= 15 is 0 Å². The van der Waals surface area contributed by atoms with Crippen LogP contribution >= 0.6 is 0 Å². The van der Waals surface area contributed by atoms with E-state index in [1.165, 1.54) is 12.8 Å². The number of benzene rings is 1. The van der Waals surface area contributed by atoms with E-state index in [1.807, 2.05) is 6.07 Å². The lowest BCUT2D eigenvalue weighted by atomic mass is 10.1. The maximum Gasteiger partial charge on any atom is 0.240 e. The Hall–Kier alpha value is -0.950. The second-order valence-electron chi connectivity index (χ2n) is 5.56. The van der Waals surface area contributed by atoms with E-state index in [0.717, 1.165) is 24.2 Å². The summed E-state index contributed by atoms with van der Waals surface area (Å²) < 4.78 is 27.5. The summed E-state index contributed by atoms with van der Waals surface area (Å²) in [6.07, 6.45) is 2.47. The molecule has 1 aromatic rings. The number of nitrogens with two attached hydrogens (primary N) is 1. The number of nitrogens with one attached hydrogen (secondary N) is 1. The molecule has 0 atom stereocenters. The van der Waals surface area contributed by atoms with Crippen molar-refractivity contribution in [1.82, 2.24) is 9.62 Å². The van der Waals surface area contributed by atoms with E-state index in [9.17, 15) is 8.42 Å². The molecule has 1 fully saturated rings. The summed E-state index contributed by atoms with van der Waals surface area (Å²) in [7, 11) is -3.46. The molecule has 1 saturated carbocycles. The van der Waals surface area contributed by atoms with Gasteiger partial charge in [0, 0.05) is 25.7 Å². The van der Waals surface area contributed by atoms with Gasteiger partial charge in [0.2, 0.25) is 10.0 Å². The van der Waals surface area contributed by atoms with Gasteiger partial charge in [-0.05, 0) is 43.5 Å². The number of hydrogen-bond acceptors (Lipinski definition) is 4. The smallest absolute Gasteiger partial charge is 0.240 e. The Bertz CT molecular complexity index is 583. The van der Waals surface area contributed by atoms with Crippen molar-refractivity contribution in [1.29, 1.82) is 0 Å². The second-order valence-corrected chi connectivity index (χ2v) is 7.30. The topological polar surface area (TPSA) is 75.4 Å². The standard InChI is InChI=1S/C15H25N3O2S/c1-3-18(14-6-7-14)9-8-17-21(19,20)15-10-13(11-16)5-4-12(15)2/h4-5,10,14,17H,3,6-9,11,16H2,1-2H3. The molecule has 2 rings (SSSR count). The van der Waals surface area contributed by atoms with Gasteiger partial charge < -0.3 is 5.73 Å². The highest BCUT2D eigenvalue weighted by Crippen LogP contribution is 2.26. The SMILES string of the molecule is CCN(CCNS(=O)(=O)c1cc(CN)ccc1C)C1CC1. The number of likely N-dealkylation sites (N-methyl/N-ethyl adjacent to an activating group) is 1. The Morgan fingerprint density at radius 2 is 2.10 bits per heavy atom. The molecule has 5 nitrogen and oxygen atoms in total. The Kier molecular flexibility index (Phi) is 5.37. The van der Waals surface area contributed by atoms with Crippen LogP contribution in [0.3, 0.4) is 0 Å². The van der Waals surface area contributed by atoms with Crippen LogP contribution in [0.15, 0.2) is 23.1 Å². The van der Waals surface area contributed by atoms with Gasteiger partial charge in [-0.25, -0.2) is 13.1 Å². The first kappa shape index (κ1) is 16.4. The van der Waals surface area contributed by atoms with Crippen LogP contribution in [0, 0.1) is 6.92 Å². The molecule has 118 valence electrons. The van der Waals surface area contributed by atoms with E-state index in [-0.39, 0.29) is 0 Å². The van der Waals surface area contributed by atoms with Crippen LogP contribution in [-0.4, -0.2) is 39.0 Å². The van der Waals surface area contributed by atoms with E-state index in [2.05, 4.69) is 16.5 Å². The van der Waals surface area contributed by atoms with E-state index in [1.54, 1.807) is 19.1 Å². The summed E-state index contributed by atoms with van der Waals surface area (Å²) in [4.78, 5) is 2.66. The van der Waals surface area contributed by atoms with Crippen molar-refractivity contribution < 1.29 is 8.42 Å². The maximum atomic E-state index is 12.4. The first-order valence-electron chi connectivity index (χ1n) is 7.51. The molecular formula is C15H25N3O2S. The number of hydrogen-bond donors (Lipinski definition) is 2. The molecular weight excluding hydrogens is 286 g/mol. The van der Waals surface area contributed by atoms with Crippen molar-refractivity contribution in [2.75, 3.05) is 19.6 Å². The summed E-state index contributed by atoms with van der Waals surface area (Å²) in [5.74, 6) is 0. The molecule has 0 radical (unpaired) electrons. The van der Waals surface area contributed by atoms with Crippen LogP contribution in [-0.2, 0) is 16.6 Å². The lowest BCUT2D eigenvalue weighted by molar-refractivity contribution is 0.282. The minimum absolute atomic E-state index is 0.333. The van der Waals surface area contributed by atoms with E-state index in [0.29, 0.717) is 24.0 Å². The third-order valence-electron chi connectivity index (χ3n) is 3.94. The highest BCUT2D eigenvalue weighted by Gasteiger charge is 2.27. The molecule has 0 unspecified atom stereocenters. The maximum absolute atomic E-state index is 12.4. The number of sulfonamides is 1. The van der Waals surface area contributed by atoms with Gasteiger partial charge in [0.25, 0.3) is 0 Å². The predicted octanol–water partition coefficient (Wildman–Crippen LogP) is 1.22. The minimum atomic E-state index is -3.46. The summed E-state index contributed by atoms with van der Waals surface area (Å²) in [6.45, 7) is 6.43. The Balaban J connectivity index is 2.00. The monoisotopic (exact) mass is 311 g/mol. The van der Waals surface area contributed by atoms with Crippen molar-refractivity contribution in [2.24, 2.45) is 5.73 Å².